The van der Waals surface area contributed by atoms with Crippen molar-refractivity contribution in [2.45, 2.75) is 31.8 Å². The molecule has 20 heavy (non-hydrogen) atoms. The number of benzene rings is 1. The van der Waals surface area contributed by atoms with Crippen molar-refractivity contribution < 1.29 is 14.2 Å². The fourth-order valence-corrected chi connectivity index (χ4v) is 2.22. The van der Waals surface area contributed by atoms with Gasteiger partial charge in [-0.1, -0.05) is 0 Å². The van der Waals surface area contributed by atoms with Crippen molar-refractivity contribution in [1.29, 1.82) is 0 Å². The number of aromatic nitrogens is 3. The fourth-order valence-electron chi connectivity index (χ4n) is 2.22. The van der Waals surface area contributed by atoms with Gasteiger partial charge in [0, 0.05) is 12.0 Å². The van der Waals surface area contributed by atoms with Crippen molar-refractivity contribution in [2.24, 2.45) is 0 Å². The van der Waals surface area contributed by atoms with Crippen LogP contribution in [0.2, 0.25) is 0 Å². The van der Waals surface area contributed by atoms with E-state index in [-0.39, 0.29) is 12.9 Å². The van der Waals surface area contributed by atoms with E-state index in [0.29, 0.717) is 17.5 Å². The van der Waals surface area contributed by atoms with Crippen LogP contribution in [0.3, 0.4) is 0 Å². The second-order valence-corrected chi connectivity index (χ2v) is 5.13. The minimum absolute atomic E-state index is 0.209. The molecule has 1 N–H and O–H groups in total. The summed E-state index contributed by atoms with van der Waals surface area (Å²) in [7, 11) is 0. The van der Waals surface area contributed by atoms with Gasteiger partial charge in [-0.15, -0.1) is 0 Å². The number of hydrogen-bond donors (Lipinski definition) is 1. The van der Waals surface area contributed by atoms with Gasteiger partial charge >= 0.3 is 0 Å². The highest BCUT2D eigenvalue weighted by atomic mass is 16.7. The molecule has 1 aliphatic carbocycles. The van der Waals surface area contributed by atoms with E-state index in [1.54, 1.807) is 0 Å². The number of nitrogens with zero attached hydrogens (tertiary/aromatic N) is 2. The van der Waals surface area contributed by atoms with Gasteiger partial charge in [0.05, 0.1) is 0 Å². The van der Waals surface area contributed by atoms with Crippen LogP contribution < -0.4 is 14.2 Å². The summed E-state index contributed by atoms with van der Waals surface area (Å²) in [6.45, 7) is 2.20. The van der Waals surface area contributed by atoms with E-state index in [2.05, 4.69) is 15.2 Å². The van der Waals surface area contributed by atoms with Gasteiger partial charge in [0.1, 0.15) is 11.6 Å². The zero-order chi connectivity index (χ0) is 13.5. The third-order valence-electron chi connectivity index (χ3n) is 3.50. The summed E-state index contributed by atoms with van der Waals surface area (Å²) in [5, 5.41) is 7.22. The predicted octanol–water partition coefficient (Wildman–Crippen LogP) is 2.55. The molecule has 1 atom stereocenters. The van der Waals surface area contributed by atoms with E-state index in [1.165, 1.54) is 12.8 Å². The number of rotatable bonds is 4. The zero-order valence-electron chi connectivity index (χ0n) is 11.1. The molecule has 0 radical (unpaired) electrons. The van der Waals surface area contributed by atoms with Gasteiger partial charge in [-0.25, -0.2) is 4.98 Å². The Balaban J connectivity index is 1.49. The van der Waals surface area contributed by atoms with Crippen LogP contribution in [-0.4, -0.2) is 22.0 Å². The average Bonchev–Trinajstić information content (AvgIpc) is 3.01. The number of ether oxygens (including phenoxy) is 3. The first-order valence-electron chi connectivity index (χ1n) is 6.78. The van der Waals surface area contributed by atoms with Crippen molar-refractivity contribution in [3.05, 3.63) is 29.8 Å². The van der Waals surface area contributed by atoms with Gasteiger partial charge < -0.3 is 14.2 Å². The molecule has 6 nitrogen and oxygen atoms in total. The Bertz CT molecular complexity index is 636. The summed E-state index contributed by atoms with van der Waals surface area (Å²) >= 11 is 0. The van der Waals surface area contributed by atoms with E-state index in [1.807, 2.05) is 25.1 Å². The van der Waals surface area contributed by atoms with Crippen LogP contribution in [-0.2, 0) is 0 Å². The minimum Gasteiger partial charge on any atom is -0.483 e. The van der Waals surface area contributed by atoms with Crippen molar-refractivity contribution in [3.8, 4) is 17.2 Å². The topological polar surface area (TPSA) is 69.3 Å². The summed E-state index contributed by atoms with van der Waals surface area (Å²) in [5.41, 5.74) is 0. The van der Waals surface area contributed by atoms with Gasteiger partial charge in [-0.2, -0.15) is 5.10 Å². The average molecular weight is 273 g/mol. The Morgan fingerprint density at radius 3 is 3.00 bits per heavy atom. The maximum Gasteiger partial charge on any atom is 0.231 e. The van der Waals surface area contributed by atoms with Crippen LogP contribution in [0.5, 0.6) is 17.2 Å². The lowest BCUT2D eigenvalue weighted by molar-refractivity contribution is 0.173. The molecule has 1 aliphatic heterocycles. The van der Waals surface area contributed by atoms with Gasteiger partial charge in [0.15, 0.2) is 23.4 Å². The van der Waals surface area contributed by atoms with Gasteiger partial charge in [-0.3, -0.25) is 5.10 Å². The molecule has 104 valence electrons. The summed E-state index contributed by atoms with van der Waals surface area (Å²) in [5.74, 6) is 4.40. The lowest BCUT2D eigenvalue weighted by Gasteiger charge is -2.11. The number of fused-ring (bicyclic) bond motifs is 1. The number of hydrogen-bond acceptors (Lipinski definition) is 5. The second-order valence-electron chi connectivity index (χ2n) is 5.13. The molecule has 6 heteroatoms. The lowest BCUT2D eigenvalue weighted by atomic mass is 10.3. The van der Waals surface area contributed by atoms with Crippen LogP contribution in [0.1, 0.15) is 43.4 Å². The van der Waals surface area contributed by atoms with E-state index in [0.717, 1.165) is 17.3 Å². The molecule has 1 fully saturated rings. The first-order chi connectivity index (χ1) is 9.79. The number of aromatic amines is 1. The smallest absolute Gasteiger partial charge is 0.231 e. The van der Waals surface area contributed by atoms with Crippen molar-refractivity contribution in [2.75, 3.05) is 6.79 Å². The fraction of sp³-hybridized carbons (Fsp3) is 0.429. The highest BCUT2D eigenvalue weighted by Crippen LogP contribution is 2.39. The zero-order valence-corrected chi connectivity index (χ0v) is 11.1. The molecular weight excluding hydrogens is 258 g/mol. The van der Waals surface area contributed by atoms with Crippen LogP contribution in [0.25, 0.3) is 0 Å². The van der Waals surface area contributed by atoms with Crippen LogP contribution in [0.15, 0.2) is 18.2 Å². The maximum atomic E-state index is 5.86. The second kappa shape index (κ2) is 4.40. The molecule has 2 aliphatic rings. The largest absolute Gasteiger partial charge is 0.483 e. The third-order valence-corrected chi connectivity index (χ3v) is 3.50. The van der Waals surface area contributed by atoms with E-state index < -0.39 is 0 Å². The molecule has 0 unspecified atom stereocenters. The molecule has 1 aromatic heterocycles. The Kier molecular flexibility index (Phi) is 2.55. The molecule has 0 amide bonds. The van der Waals surface area contributed by atoms with Crippen LogP contribution >= 0.6 is 0 Å². The normalized spacial score (nSPS) is 18.1. The summed E-state index contributed by atoms with van der Waals surface area (Å²) in [6.07, 6.45) is 2.19. The number of H-pyrrole nitrogens is 1. The summed E-state index contributed by atoms with van der Waals surface area (Å²) in [6, 6.07) is 5.53. The van der Waals surface area contributed by atoms with Crippen molar-refractivity contribution in [1.82, 2.24) is 15.2 Å². The maximum absolute atomic E-state index is 5.86. The number of nitrogens with one attached hydrogen (secondary N) is 1. The third kappa shape index (κ3) is 2.07. The quantitative estimate of drug-likeness (QED) is 0.927. The molecule has 4 rings (SSSR count). The van der Waals surface area contributed by atoms with Crippen LogP contribution in [0.4, 0.5) is 0 Å². The van der Waals surface area contributed by atoms with E-state index in [4.69, 9.17) is 14.2 Å². The standard InChI is InChI=1S/C14H15N3O3/c1-8(13-15-14(17-16-13)9-2-3-9)20-10-4-5-11-12(6-10)19-7-18-11/h4-6,8-9H,2-3,7H2,1H3,(H,15,16,17)/t8-/m1/s1. The van der Waals surface area contributed by atoms with Gasteiger partial charge in [0.25, 0.3) is 0 Å². The van der Waals surface area contributed by atoms with Gasteiger partial charge in [0.2, 0.25) is 6.79 Å². The first kappa shape index (κ1) is 11.6. The van der Waals surface area contributed by atoms with Gasteiger partial charge in [-0.05, 0) is 31.9 Å². The monoisotopic (exact) mass is 273 g/mol. The molecule has 0 spiro atoms. The Hall–Kier alpha value is -2.24. The predicted molar refractivity (Wildman–Crippen MR) is 70.0 cm³/mol. The van der Waals surface area contributed by atoms with E-state index in [9.17, 15) is 0 Å². The highest BCUT2D eigenvalue weighted by Gasteiger charge is 2.28. The molecule has 1 saturated carbocycles. The SMILES string of the molecule is C[C@@H](Oc1ccc2c(c1)OCO2)c1n[nH]c(C2CC2)n1. The molecular formula is C14H15N3O3. The molecule has 2 aromatic rings. The molecule has 2 heterocycles. The molecule has 1 aromatic carbocycles. The molecule has 0 saturated heterocycles. The minimum atomic E-state index is -0.209. The molecule has 0 bridgehead atoms. The first-order valence-corrected chi connectivity index (χ1v) is 6.78. The van der Waals surface area contributed by atoms with Crippen molar-refractivity contribution in [3.63, 3.8) is 0 Å². The Morgan fingerprint density at radius 1 is 1.30 bits per heavy atom. The summed E-state index contributed by atoms with van der Waals surface area (Å²) < 4.78 is 16.5. The van der Waals surface area contributed by atoms with Crippen LogP contribution in [0, 0.1) is 0 Å². The van der Waals surface area contributed by atoms with E-state index >= 15 is 0 Å². The summed E-state index contributed by atoms with van der Waals surface area (Å²) in [4.78, 5) is 4.49. The highest BCUT2D eigenvalue weighted by molar-refractivity contribution is 5.46. The van der Waals surface area contributed by atoms with Crippen molar-refractivity contribution >= 4 is 0 Å². The lowest BCUT2D eigenvalue weighted by Crippen LogP contribution is -2.05. The Morgan fingerprint density at radius 2 is 2.15 bits per heavy atom. The Labute approximate surface area is 116 Å².